The Hall–Kier alpha value is -7.62. The first-order valence-corrected chi connectivity index (χ1v) is 24.3. The van der Waals surface area contributed by atoms with Crippen LogP contribution < -0.4 is 59.7 Å². The topological polar surface area (TPSA) is 476 Å². The van der Waals surface area contributed by atoms with Crippen LogP contribution in [-0.4, -0.2) is 164 Å². The van der Waals surface area contributed by atoms with Crippen molar-refractivity contribution in [2.24, 2.45) is 34.0 Å². The predicted molar refractivity (Wildman–Crippen MR) is 268 cm³/mol. The van der Waals surface area contributed by atoms with Crippen LogP contribution in [-0.2, 0) is 59.2 Å². The number of phenolic OH excluding ortho intramolecular Hbond substituents is 1. The van der Waals surface area contributed by atoms with E-state index in [1.54, 1.807) is 27.7 Å². The van der Waals surface area contributed by atoms with E-state index in [9.17, 15) is 78.3 Å². The van der Waals surface area contributed by atoms with Crippen molar-refractivity contribution in [3.63, 3.8) is 0 Å². The van der Waals surface area contributed by atoms with E-state index in [4.69, 9.17) is 17.2 Å². The van der Waals surface area contributed by atoms with E-state index in [0.29, 0.717) is 12.0 Å². The number of carboxylic acid groups (broad SMARTS) is 3. The Morgan fingerprint density at radius 2 is 1.00 bits per heavy atom. The van der Waals surface area contributed by atoms with E-state index in [-0.39, 0.29) is 49.9 Å². The Morgan fingerprint density at radius 3 is 1.45 bits per heavy atom. The Labute approximate surface area is 433 Å². The molecule has 19 N–H and O–H groups in total. The first kappa shape index (κ1) is 65.4. The zero-order valence-electron chi connectivity index (χ0n) is 43.2. The molecular weight excluding hydrogens is 989 g/mol. The van der Waals surface area contributed by atoms with Crippen LogP contribution in [0.1, 0.15) is 105 Å². The van der Waals surface area contributed by atoms with Gasteiger partial charge in [-0.1, -0.05) is 46.2 Å². The lowest BCUT2D eigenvalue weighted by molar-refractivity contribution is -0.143. The number of aliphatic hydroxyl groups is 1. The minimum Gasteiger partial charge on any atom is -0.508 e. The zero-order valence-corrected chi connectivity index (χ0v) is 43.2. The average Bonchev–Trinajstić information content (AvgIpc) is 3.32. The number of benzene rings is 1. The summed E-state index contributed by atoms with van der Waals surface area (Å²) in [5.41, 5.74) is 16.7. The van der Waals surface area contributed by atoms with Crippen molar-refractivity contribution in [2.75, 3.05) is 6.54 Å². The van der Waals surface area contributed by atoms with Gasteiger partial charge in [-0.2, -0.15) is 0 Å². The number of carbonyl (C=O) groups excluding carboxylic acids is 8. The van der Waals surface area contributed by atoms with E-state index in [1.807, 2.05) is 0 Å². The highest BCUT2D eigenvalue weighted by Gasteiger charge is 2.35. The second-order valence-electron chi connectivity index (χ2n) is 18.6. The van der Waals surface area contributed by atoms with Gasteiger partial charge in [0.2, 0.25) is 47.3 Å². The van der Waals surface area contributed by atoms with Gasteiger partial charge in [0.1, 0.15) is 60.1 Å². The van der Waals surface area contributed by atoms with E-state index in [2.05, 4.69) is 47.5 Å². The third-order valence-corrected chi connectivity index (χ3v) is 11.6. The number of amides is 8. The maximum absolute atomic E-state index is 14.2. The largest absolute Gasteiger partial charge is 0.508 e. The zero-order chi connectivity index (χ0) is 57.3. The van der Waals surface area contributed by atoms with Crippen molar-refractivity contribution in [3.8, 4) is 5.75 Å². The highest BCUT2D eigenvalue weighted by Crippen LogP contribution is 2.14. The van der Waals surface area contributed by atoms with Crippen LogP contribution in [0.25, 0.3) is 0 Å². The summed E-state index contributed by atoms with van der Waals surface area (Å²) in [6.07, 6.45) is -3.35. The molecule has 0 aliphatic heterocycles. The fourth-order valence-electron chi connectivity index (χ4n) is 6.94. The number of nitrogens with one attached hydrogen (secondary N) is 8. The van der Waals surface area contributed by atoms with Gasteiger partial charge in [-0.25, -0.2) is 4.79 Å². The Morgan fingerprint density at radius 1 is 0.560 bits per heavy atom. The lowest BCUT2D eigenvalue weighted by atomic mass is 9.97. The summed E-state index contributed by atoms with van der Waals surface area (Å²) >= 11 is 0. The van der Waals surface area contributed by atoms with Crippen LogP contribution in [0.2, 0.25) is 0 Å². The highest BCUT2D eigenvalue weighted by molar-refractivity contribution is 5.98. The van der Waals surface area contributed by atoms with Crippen molar-refractivity contribution in [1.29, 1.82) is 0 Å². The summed E-state index contributed by atoms with van der Waals surface area (Å²) < 4.78 is 0. The number of carboxylic acids is 3. The summed E-state index contributed by atoms with van der Waals surface area (Å²) in [4.78, 5) is 147. The molecule has 1 aromatic carbocycles. The Bertz CT molecular complexity index is 2170. The smallest absolute Gasteiger partial charge is 0.326 e. The van der Waals surface area contributed by atoms with Gasteiger partial charge >= 0.3 is 17.9 Å². The van der Waals surface area contributed by atoms with Gasteiger partial charge < -0.3 is 85.3 Å². The summed E-state index contributed by atoms with van der Waals surface area (Å²) in [7, 11) is 0. The number of guanidine groups is 1. The van der Waals surface area contributed by atoms with Gasteiger partial charge in [-0.05, 0) is 82.4 Å². The summed E-state index contributed by atoms with van der Waals surface area (Å²) in [5, 5.41) is 67.6. The van der Waals surface area contributed by atoms with Crippen molar-refractivity contribution in [2.45, 2.75) is 167 Å². The number of aliphatic hydroxyl groups excluding tert-OH is 1. The minimum atomic E-state index is -1.62. The molecule has 11 atom stereocenters. The van der Waals surface area contributed by atoms with Crippen LogP contribution in [0.4, 0.5) is 0 Å². The van der Waals surface area contributed by atoms with Crippen molar-refractivity contribution >= 4 is 71.1 Å². The maximum atomic E-state index is 14.2. The molecule has 420 valence electrons. The molecule has 0 saturated carbocycles. The molecule has 0 heterocycles. The van der Waals surface area contributed by atoms with Crippen LogP contribution in [0.3, 0.4) is 0 Å². The van der Waals surface area contributed by atoms with Gasteiger partial charge in [0.15, 0.2) is 5.96 Å². The molecular formula is C47H76N12O16. The second kappa shape index (κ2) is 32.5. The van der Waals surface area contributed by atoms with Crippen molar-refractivity contribution in [3.05, 3.63) is 29.8 Å². The molecule has 0 fully saturated rings. The number of aromatic hydroxyl groups is 1. The fourth-order valence-corrected chi connectivity index (χ4v) is 6.94. The molecule has 28 heteroatoms. The molecule has 28 nitrogen and oxygen atoms in total. The summed E-state index contributed by atoms with van der Waals surface area (Å²) in [6.45, 7) is 10.5. The first-order chi connectivity index (χ1) is 35.0. The van der Waals surface area contributed by atoms with E-state index in [0.717, 1.165) is 0 Å². The molecule has 0 unspecified atom stereocenters. The van der Waals surface area contributed by atoms with Gasteiger partial charge in [0, 0.05) is 25.8 Å². The maximum Gasteiger partial charge on any atom is 0.326 e. The number of aliphatic imine (C=N–C) groups is 1. The molecule has 0 aromatic heterocycles. The van der Waals surface area contributed by atoms with Gasteiger partial charge in [-0.3, -0.25) is 52.9 Å². The Kier molecular flexibility index (Phi) is 28.4. The number of rotatable bonds is 34. The van der Waals surface area contributed by atoms with Gasteiger partial charge in [0.25, 0.3) is 0 Å². The number of aliphatic carboxylic acids is 3. The van der Waals surface area contributed by atoms with Crippen molar-refractivity contribution in [1.82, 2.24) is 42.5 Å². The van der Waals surface area contributed by atoms with Crippen LogP contribution in [0.15, 0.2) is 29.3 Å². The van der Waals surface area contributed by atoms with Crippen LogP contribution >= 0.6 is 0 Å². The number of carbonyl (C=O) groups is 11. The lowest BCUT2D eigenvalue weighted by Crippen LogP contribution is -2.60. The van der Waals surface area contributed by atoms with E-state index in [1.165, 1.54) is 45.0 Å². The number of hydrogen-bond acceptors (Lipinski definition) is 15. The molecule has 0 bridgehead atoms. The van der Waals surface area contributed by atoms with Gasteiger partial charge in [-0.15, -0.1) is 0 Å². The molecule has 75 heavy (non-hydrogen) atoms. The fraction of sp³-hybridized carbons (Fsp3) is 0.617. The number of nitrogens with two attached hydrogens (primary N) is 3. The van der Waals surface area contributed by atoms with Crippen LogP contribution in [0, 0.1) is 11.8 Å². The van der Waals surface area contributed by atoms with Crippen LogP contribution in [0.5, 0.6) is 5.75 Å². The lowest BCUT2D eigenvalue weighted by Gasteiger charge is -2.28. The third-order valence-electron chi connectivity index (χ3n) is 11.6. The molecule has 8 amide bonds. The Balaban J connectivity index is 3.41. The normalized spacial score (nSPS) is 15.4. The van der Waals surface area contributed by atoms with Crippen molar-refractivity contribution < 1.29 is 78.3 Å². The SMILES string of the molecule is CC[C@H](C)[C@H](NC(=O)[C@H](C)NC(=O)[C@H](CCC(=O)O)NC(=O)[C@H](CC(C)C)NC(=O)[C@H](Cc1ccc(O)cc1)NC(=O)[C@H](C)NC(=O)[C@H](CCC(=O)O)NC(=O)[C@@H](N)[C@@H](C)O)C(=O)N[C@@H](CCCN=C(N)N)C(=O)O. The molecule has 0 spiro atoms. The van der Waals surface area contributed by atoms with Gasteiger partial charge in [0.05, 0.1) is 6.10 Å². The van der Waals surface area contributed by atoms with E-state index < -0.39 is 157 Å². The number of nitrogens with zero attached hydrogens (tertiary/aromatic N) is 1. The predicted octanol–water partition coefficient (Wildman–Crippen LogP) is -3.48. The molecule has 0 aliphatic rings. The average molecular weight is 1070 g/mol. The number of phenols is 1. The highest BCUT2D eigenvalue weighted by atomic mass is 16.4. The molecule has 1 rings (SSSR count). The summed E-state index contributed by atoms with van der Waals surface area (Å²) in [5.74, 6) is -12.8. The summed E-state index contributed by atoms with van der Waals surface area (Å²) in [6, 6.07) is -7.58. The number of hydrogen-bond donors (Lipinski definition) is 16. The monoisotopic (exact) mass is 1060 g/mol. The molecule has 1 aromatic rings. The second-order valence-corrected chi connectivity index (χ2v) is 18.6. The minimum absolute atomic E-state index is 0.0532. The molecule has 0 aliphatic carbocycles. The molecule has 0 saturated heterocycles. The standard InChI is InChI=1S/C47H76N12O16/c1-8-23(4)37(45(73)56-31(46(74)75)10-9-19-51-47(49)50)59-39(67)25(6)53-40(68)29(15-17-34(62)63)54-42(70)32(20-22(2)3)58-43(71)33(21-27-11-13-28(61)14-12-27)57-38(66)24(5)52-41(69)30(16-18-35(64)65)55-44(72)36(48)26(7)60/h11-14,22-26,29-33,36-37,60-61H,8-10,15-21,48H2,1-7H3,(H,52,69)(H,53,68)(H,54,70)(H,55,72)(H,56,73)(H,57,66)(H,58,71)(H,59,67)(H,62,63)(H,64,65)(H,74,75)(H4,49,50,51)/t23-,24-,25-,26+,29-,30-,31-,32-,33-,36-,37-/m0/s1. The first-order valence-electron chi connectivity index (χ1n) is 24.3. The third kappa shape index (κ3) is 24.8. The van der Waals surface area contributed by atoms with E-state index >= 15 is 0 Å². The quantitative estimate of drug-likeness (QED) is 0.0181. The molecule has 0 radical (unpaired) electrons.